The third-order valence-corrected chi connectivity index (χ3v) is 4.95. The molecule has 5 nitrogen and oxygen atoms in total. The Hall–Kier alpha value is -2.01. The second kappa shape index (κ2) is 8.39. The molecule has 1 atom stereocenters. The highest BCUT2D eigenvalue weighted by atomic mass is 15.2. The number of rotatable bonds is 6. The molecule has 0 radical (unpaired) electrons. The van der Waals surface area contributed by atoms with Gasteiger partial charge in [0.15, 0.2) is 5.96 Å². The van der Waals surface area contributed by atoms with E-state index in [1.54, 1.807) is 0 Å². The van der Waals surface area contributed by atoms with Crippen molar-refractivity contribution in [2.24, 2.45) is 10.9 Å². The van der Waals surface area contributed by atoms with Crippen molar-refractivity contribution in [3.05, 3.63) is 35.5 Å². The van der Waals surface area contributed by atoms with Crippen LogP contribution in [0, 0.1) is 12.8 Å². The van der Waals surface area contributed by atoms with Gasteiger partial charge in [0.1, 0.15) is 0 Å². The number of benzene rings is 1. The first-order chi connectivity index (χ1) is 12.2. The third kappa shape index (κ3) is 4.75. The molecule has 3 rings (SSSR count). The number of hydrogen-bond acceptors (Lipinski definition) is 2. The van der Waals surface area contributed by atoms with Gasteiger partial charge in [-0.2, -0.15) is 0 Å². The van der Waals surface area contributed by atoms with Crippen molar-refractivity contribution in [1.82, 2.24) is 20.5 Å². The molecule has 1 saturated heterocycles. The number of nitrogens with zero attached hydrogens (tertiary/aromatic N) is 2. The van der Waals surface area contributed by atoms with Crippen LogP contribution in [0.1, 0.15) is 24.5 Å². The molecule has 3 N–H and O–H groups in total. The number of likely N-dealkylation sites (tertiary alicyclic amines) is 1. The van der Waals surface area contributed by atoms with Gasteiger partial charge in [0, 0.05) is 43.3 Å². The topological polar surface area (TPSA) is 55.5 Å². The molecule has 1 fully saturated rings. The standard InChI is InChI=1S/C20H31N5/c1-4-21-20(24-12-16-8-10-25(3)14-16)22-9-7-17-13-23-19-11-15(2)5-6-18(17)19/h5-6,11,13,16,23H,4,7-10,12,14H2,1-3H3,(H2,21,22,24). The van der Waals surface area contributed by atoms with Crippen molar-refractivity contribution in [3.63, 3.8) is 0 Å². The normalized spacial score (nSPS) is 18.8. The highest BCUT2D eigenvalue weighted by molar-refractivity contribution is 5.84. The summed E-state index contributed by atoms with van der Waals surface area (Å²) in [6, 6.07) is 6.60. The lowest BCUT2D eigenvalue weighted by molar-refractivity contribution is 0.397. The van der Waals surface area contributed by atoms with E-state index in [0.29, 0.717) is 5.92 Å². The molecule has 0 amide bonds. The highest BCUT2D eigenvalue weighted by Gasteiger charge is 2.18. The van der Waals surface area contributed by atoms with Crippen LogP contribution in [0.4, 0.5) is 0 Å². The molecule has 25 heavy (non-hydrogen) atoms. The molecule has 0 spiro atoms. The zero-order valence-corrected chi connectivity index (χ0v) is 15.7. The molecule has 5 heteroatoms. The molecule has 1 aliphatic rings. The van der Waals surface area contributed by atoms with E-state index in [1.165, 1.54) is 35.0 Å². The number of aromatic nitrogens is 1. The van der Waals surface area contributed by atoms with Gasteiger partial charge in [-0.3, -0.25) is 4.99 Å². The van der Waals surface area contributed by atoms with Gasteiger partial charge >= 0.3 is 0 Å². The van der Waals surface area contributed by atoms with Crippen molar-refractivity contribution < 1.29 is 0 Å². The van der Waals surface area contributed by atoms with E-state index >= 15 is 0 Å². The molecule has 1 aliphatic heterocycles. The first kappa shape index (κ1) is 17.8. The lowest BCUT2D eigenvalue weighted by atomic mass is 10.1. The lowest BCUT2D eigenvalue weighted by Gasteiger charge is -2.13. The van der Waals surface area contributed by atoms with E-state index < -0.39 is 0 Å². The van der Waals surface area contributed by atoms with Crippen LogP contribution in [-0.2, 0) is 6.42 Å². The molecule has 0 saturated carbocycles. The number of hydrogen-bond donors (Lipinski definition) is 3. The third-order valence-electron chi connectivity index (χ3n) is 4.95. The molecular weight excluding hydrogens is 310 g/mol. The molecule has 0 aliphatic carbocycles. The summed E-state index contributed by atoms with van der Waals surface area (Å²) in [6.07, 6.45) is 4.37. The molecule has 2 heterocycles. The predicted octanol–water partition coefficient (Wildman–Crippen LogP) is 2.53. The molecule has 2 aromatic rings. The SMILES string of the molecule is CCNC(=NCC1CCN(C)C1)NCCc1c[nH]c2cc(C)ccc12. The molecule has 136 valence electrons. The van der Waals surface area contributed by atoms with Crippen molar-refractivity contribution in [1.29, 1.82) is 0 Å². The average molecular weight is 342 g/mol. The summed E-state index contributed by atoms with van der Waals surface area (Å²) >= 11 is 0. The minimum Gasteiger partial charge on any atom is -0.361 e. The Bertz CT molecular complexity index is 718. The minimum absolute atomic E-state index is 0.692. The fourth-order valence-electron chi connectivity index (χ4n) is 3.56. The van der Waals surface area contributed by atoms with Gasteiger partial charge in [-0.25, -0.2) is 0 Å². The summed E-state index contributed by atoms with van der Waals surface area (Å²) in [7, 11) is 2.19. The molecular formula is C20H31N5. The maximum Gasteiger partial charge on any atom is 0.191 e. The fraction of sp³-hybridized carbons (Fsp3) is 0.550. The van der Waals surface area contributed by atoms with Crippen LogP contribution in [0.3, 0.4) is 0 Å². The molecule has 1 unspecified atom stereocenters. The van der Waals surface area contributed by atoms with Crippen LogP contribution in [0.2, 0.25) is 0 Å². The van der Waals surface area contributed by atoms with Gasteiger partial charge in [0.2, 0.25) is 0 Å². The Morgan fingerprint density at radius 3 is 3.00 bits per heavy atom. The second-order valence-electron chi connectivity index (χ2n) is 7.18. The Morgan fingerprint density at radius 2 is 2.24 bits per heavy atom. The molecule has 1 aromatic heterocycles. The lowest BCUT2D eigenvalue weighted by Crippen LogP contribution is -2.38. The van der Waals surface area contributed by atoms with E-state index in [0.717, 1.165) is 38.6 Å². The van der Waals surface area contributed by atoms with Crippen molar-refractivity contribution in [2.75, 3.05) is 39.8 Å². The fourth-order valence-corrected chi connectivity index (χ4v) is 3.56. The smallest absolute Gasteiger partial charge is 0.191 e. The first-order valence-corrected chi connectivity index (χ1v) is 9.43. The summed E-state index contributed by atoms with van der Waals surface area (Å²) in [5, 5.41) is 8.16. The van der Waals surface area contributed by atoms with Gasteiger partial charge in [-0.05, 0) is 63.4 Å². The second-order valence-corrected chi connectivity index (χ2v) is 7.18. The minimum atomic E-state index is 0.692. The van der Waals surface area contributed by atoms with Gasteiger partial charge in [0.25, 0.3) is 0 Å². The van der Waals surface area contributed by atoms with Gasteiger partial charge in [0.05, 0.1) is 0 Å². The molecule has 0 bridgehead atoms. The van der Waals surface area contributed by atoms with Crippen LogP contribution in [0.25, 0.3) is 10.9 Å². The number of fused-ring (bicyclic) bond motifs is 1. The Kier molecular flexibility index (Phi) is 5.97. The number of aryl methyl sites for hydroxylation is 1. The highest BCUT2D eigenvalue weighted by Crippen LogP contribution is 2.19. The summed E-state index contributed by atoms with van der Waals surface area (Å²) in [6.45, 7) is 9.29. The van der Waals surface area contributed by atoms with Gasteiger partial charge in [-0.1, -0.05) is 12.1 Å². The summed E-state index contributed by atoms with van der Waals surface area (Å²) in [5.74, 6) is 1.63. The zero-order valence-electron chi connectivity index (χ0n) is 15.7. The summed E-state index contributed by atoms with van der Waals surface area (Å²) in [4.78, 5) is 10.6. The number of nitrogens with one attached hydrogen (secondary N) is 3. The largest absolute Gasteiger partial charge is 0.361 e. The Labute approximate surface area is 150 Å². The maximum atomic E-state index is 4.78. The Morgan fingerprint density at radius 1 is 1.36 bits per heavy atom. The van der Waals surface area contributed by atoms with Gasteiger partial charge < -0.3 is 20.5 Å². The molecule has 1 aromatic carbocycles. The van der Waals surface area contributed by atoms with Crippen molar-refractivity contribution >= 4 is 16.9 Å². The first-order valence-electron chi connectivity index (χ1n) is 9.43. The van der Waals surface area contributed by atoms with Gasteiger partial charge in [-0.15, -0.1) is 0 Å². The van der Waals surface area contributed by atoms with E-state index in [-0.39, 0.29) is 0 Å². The van der Waals surface area contributed by atoms with Crippen molar-refractivity contribution in [3.8, 4) is 0 Å². The van der Waals surface area contributed by atoms with E-state index in [9.17, 15) is 0 Å². The van der Waals surface area contributed by atoms with Crippen LogP contribution in [-0.4, -0.2) is 55.6 Å². The monoisotopic (exact) mass is 341 g/mol. The zero-order chi connectivity index (χ0) is 17.6. The maximum absolute atomic E-state index is 4.78. The summed E-state index contributed by atoms with van der Waals surface area (Å²) in [5.41, 5.74) is 3.87. The van der Waals surface area contributed by atoms with Crippen molar-refractivity contribution in [2.45, 2.75) is 26.7 Å². The number of guanidine groups is 1. The van der Waals surface area contributed by atoms with E-state index in [2.05, 4.69) is 65.8 Å². The van der Waals surface area contributed by atoms with Crippen LogP contribution < -0.4 is 10.6 Å². The number of aliphatic imine (C=N–C) groups is 1. The average Bonchev–Trinajstić information content (AvgIpc) is 3.18. The summed E-state index contributed by atoms with van der Waals surface area (Å²) < 4.78 is 0. The quantitative estimate of drug-likeness (QED) is 0.559. The van der Waals surface area contributed by atoms with Crippen LogP contribution in [0.15, 0.2) is 29.4 Å². The predicted molar refractivity (Wildman–Crippen MR) is 106 cm³/mol. The number of H-pyrrole nitrogens is 1. The number of aromatic amines is 1. The van der Waals surface area contributed by atoms with Crippen LogP contribution in [0.5, 0.6) is 0 Å². The van der Waals surface area contributed by atoms with E-state index in [1.807, 2.05) is 0 Å². The Balaban J connectivity index is 1.53. The van der Waals surface area contributed by atoms with E-state index in [4.69, 9.17) is 4.99 Å². The van der Waals surface area contributed by atoms with Crippen LogP contribution >= 0.6 is 0 Å².